The Kier molecular flexibility index (Phi) is 22.6. The molecule has 6 saturated carbocycles. The molecule has 1 N–H and O–H groups in total. The predicted octanol–water partition coefficient (Wildman–Crippen LogP) is 18.9. The molecule has 9 nitrogen and oxygen atoms in total. The Hall–Kier alpha value is -3.76. The standard InChI is InChI=1S/C32H50O4.C26H40O3.C23H24BrO2P/c1-22(9-5-6-10-29(33)34-4)26-14-15-27-25-13-12-23-21-24(36-30-11-7-8-20-35-30)16-18-31(23,2)28(25)17-19-32(26,27)3;1-17(27)21-9-10-22-20-8-7-18-16-19(29-24-6-4-5-15-28-24)11-13-25(18,2)23(20)12-14-26(21,22)3;24-27(19-11-10-18-23(25)26,20-12-4-1-5-13-20,21-14-6-2-7-15-21)22-16-8-3-9-17-22/h9,12,24-28,30H,5-8,10-11,13-21H2,1-4H3;7,19-24H,4-6,8-16H2,1-3H3;1-9,12-17H,10-11,18-19H2,(H,25,26)/b22-9+;;/t24-,25-,26+,27-,28-,30?,31-,32+;19-,20-,21+,22-,23-,24?,25-,26+;/m00./s1. The number of carbonyl (C=O) groups excluding carboxylic acids is 2. The Morgan fingerprint density at radius 3 is 1.47 bits per heavy atom. The molecule has 8 fully saturated rings. The fourth-order valence-electron chi connectivity index (χ4n) is 21.5. The van der Waals surface area contributed by atoms with Crippen LogP contribution in [0.4, 0.5) is 0 Å². The molecule has 504 valence electrons. The van der Waals surface area contributed by atoms with Crippen molar-refractivity contribution >= 4 is 54.4 Å². The first kappa shape index (κ1) is 69.6. The maximum absolute atomic E-state index is 12.3. The molecule has 0 radical (unpaired) electrons. The van der Waals surface area contributed by atoms with Crippen molar-refractivity contribution in [3.8, 4) is 0 Å². The van der Waals surface area contributed by atoms with Crippen LogP contribution < -0.4 is 15.9 Å². The predicted molar refractivity (Wildman–Crippen MR) is 378 cm³/mol. The summed E-state index contributed by atoms with van der Waals surface area (Å²) in [6, 6.07) is 31.8. The number of ketones is 1. The van der Waals surface area contributed by atoms with Crippen LogP contribution in [0.25, 0.3) is 0 Å². The van der Waals surface area contributed by atoms with Crippen LogP contribution in [0.5, 0.6) is 0 Å². The van der Waals surface area contributed by atoms with Gasteiger partial charge < -0.3 is 23.7 Å². The number of rotatable bonds is 18. The number of carboxylic acids is 1. The van der Waals surface area contributed by atoms with E-state index >= 15 is 0 Å². The number of halogens is 1. The van der Waals surface area contributed by atoms with Gasteiger partial charge in [-0.2, -0.15) is 0 Å². The summed E-state index contributed by atoms with van der Waals surface area (Å²) < 4.78 is 29.4. The molecule has 3 aromatic carbocycles. The monoisotopic (exact) mass is 1340 g/mol. The molecule has 2 heterocycles. The van der Waals surface area contributed by atoms with Gasteiger partial charge in [0.2, 0.25) is 0 Å². The molecule has 2 unspecified atom stereocenters. The van der Waals surface area contributed by atoms with E-state index < -0.39 is 11.3 Å². The van der Waals surface area contributed by atoms with Crippen LogP contribution in [0.15, 0.2) is 126 Å². The first-order chi connectivity index (χ1) is 44.3. The number of Topliss-reactive ketones (excluding diaryl/α,β-unsaturated/α-hetero) is 1. The molecule has 0 amide bonds. The third kappa shape index (κ3) is 14.2. The van der Waals surface area contributed by atoms with Gasteiger partial charge in [0, 0.05) is 25.6 Å². The molecule has 0 spiro atoms. The van der Waals surface area contributed by atoms with E-state index in [9.17, 15) is 14.4 Å². The van der Waals surface area contributed by atoms with E-state index in [-0.39, 0.29) is 30.4 Å². The molecule has 16 atom stereocenters. The average molecular weight is 1340 g/mol. The number of aliphatic carboxylic acids is 1. The number of carbonyl (C=O) groups is 3. The summed E-state index contributed by atoms with van der Waals surface area (Å²) in [6.45, 7) is 16.2. The SMILES string of the molecule is CC(=O)[C@H]1CC[C@H]2[C@@H]3CC=C4C[C@@H](OC5CCCCO5)CC[C@]4(C)[C@H]3CC[C@]12C.COC(=O)CCC/C=C(\C)[C@H]1CC[C@H]2[C@@H]3CC=C4C[C@@H](OC5CCCCO5)CC[C@]4(C)[C@H]3CC[C@]12C.O=C(O)CCCCP(Br)(c1ccccc1)(c1ccccc1)c1ccccc1. The van der Waals surface area contributed by atoms with Gasteiger partial charge in [-0.05, 0) is 231 Å². The van der Waals surface area contributed by atoms with Gasteiger partial charge >= 0.3 is 175 Å². The van der Waals surface area contributed by atoms with Crippen molar-refractivity contribution in [2.45, 2.75) is 246 Å². The first-order valence-electron chi connectivity index (χ1n) is 36.6. The molecule has 2 saturated heterocycles. The zero-order chi connectivity index (χ0) is 64.8. The van der Waals surface area contributed by atoms with Crippen LogP contribution in [0.2, 0.25) is 0 Å². The topological polar surface area (TPSA) is 118 Å². The van der Waals surface area contributed by atoms with Crippen LogP contribution in [0.3, 0.4) is 0 Å². The third-order valence-corrected chi connectivity index (χ3v) is 36.5. The number of allylic oxidation sites excluding steroid dienone is 4. The Bertz CT molecular complexity index is 2960. The average Bonchev–Trinajstić information content (AvgIpc) is 1.09. The van der Waals surface area contributed by atoms with E-state index in [0.29, 0.717) is 58.9 Å². The molecule has 0 bridgehead atoms. The van der Waals surface area contributed by atoms with Crippen LogP contribution in [-0.2, 0) is 38.1 Å². The number of methoxy groups -OCH3 is 1. The number of benzene rings is 3. The number of ether oxygens (including phenoxy) is 5. The van der Waals surface area contributed by atoms with E-state index in [1.807, 2.05) is 25.1 Å². The fourth-order valence-corrected chi connectivity index (χ4v) is 29.3. The van der Waals surface area contributed by atoms with Crippen LogP contribution in [0.1, 0.15) is 221 Å². The van der Waals surface area contributed by atoms with Crippen molar-refractivity contribution in [2.24, 2.45) is 69.0 Å². The molecule has 10 aliphatic rings. The summed E-state index contributed by atoms with van der Waals surface area (Å²) in [5, 5.41) is 9.99. The first-order valence-corrected chi connectivity index (χ1v) is 41.0. The van der Waals surface area contributed by atoms with Gasteiger partial charge in [-0.15, -0.1) is 0 Å². The number of hydrogen-bond donors (Lipinski definition) is 1. The molecule has 11 heteroatoms. The summed E-state index contributed by atoms with van der Waals surface area (Å²) >= 11 is 4.37. The van der Waals surface area contributed by atoms with Crippen molar-refractivity contribution in [3.05, 3.63) is 126 Å². The van der Waals surface area contributed by atoms with Gasteiger partial charge in [0.05, 0.1) is 19.3 Å². The number of unbranched alkanes of at least 4 members (excludes halogenated alkanes) is 2. The maximum atomic E-state index is 12.3. The van der Waals surface area contributed by atoms with Gasteiger partial charge in [0.15, 0.2) is 12.6 Å². The molecular formula is C81H114BrO9P. The number of esters is 1. The van der Waals surface area contributed by atoms with Crippen molar-refractivity contribution in [1.29, 1.82) is 0 Å². The second-order valence-electron chi connectivity index (χ2n) is 31.3. The molecular weight excluding hydrogens is 1230 g/mol. The summed E-state index contributed by atoms with van der Waals surface area (Å²) in [5.74, 6) is 5.49. The van der Waals surface area contributed by atoms with E-state index in [1.165, 1.54) is 132 Å². The van der Waals surface area contributed by atoms with E-state index in [0.717, 1.165) is 106 Å². The molecule has 13 rings (SSSR count). The molecule has 0 aromatic heterocycles. The van der Waals surface area contributed by atoms with Gasteiger partial charge in [0.1, 0.15) is 5.78 Å². The zero-order valence-corrected chi connectivity index (χ0v) is 59.8. The third-order valence-electron chi connectivity index (χ3n) is 26.5. The van der Waals surface area contributed by atoms with Crippen molar-refractivity contribution in [1.82, 2.24) is 0 Å². The van der Waals surface area contributed by atoms with Crippen LogP contribution in [-0.4, -0.2) is 74.1 Å². The quantitative estimate of drug-likeness (QED) is 0.0575. The van der Waals surface area contributed by atoms with Crippen molar-refractivity contribution < 1.29 is 43.2 Å². The zero-order valence-electron chi connectivity index (χ0n) is 57.3. The Balaban J connectivity index is 0.000000143. The summed E-state index contributed by atoms with van der Waals surface area (Å²) in [5.41, 5.74) is 6.37. The fraction of sp³-hybridized carbons (Fsp3) is 0.667. The molecule has 8 aliphatic carbocycles. The van der Waals surface area contributed by atoms with Gasteiger partial charge in [0.25, 0.3) is 0 Å². The van der Waals surface area contributed by atoms with Gasteiger partial charge in [-0.1, -0.05) is 62.6 Å². The van der Waals surface area contributed by atoms with Crippen LogP contribution >= 0.6 is 20.8 Å². The van der Waals surface area contributed by atoms with Crippen LogP contribution in [0, 0.1) is 69.0 Å². The molecule has 92 heavy (non-hydrogen) atoms. The van der Waals surface area contributed by atoms with E-state index in [4.69, 9.17) is 28.8 Å². The van der Waals surface area contributed by atoms with Crippen molar-refractivity contribution in [3.63, 3.8) is 0 Å². The van der Waals surface area contributed by atoms with Gasteiger partial charge in [-0.25, -0.2) is 0 Å². The minimum atomic E-state index is -2.89. The van der Waals surface area contributed by atoms with E-state index in [2.05, 4.69) is 141 Å². The molecule has 2 aliphatic heterocycles. The Morgan fingerprint density at radius 1 is 0.565 bits per heavy atom. The van der Waals surface area contributed by atoms with Gasteiger partial charge in [-0.3, -0.25) is 9.59 Å². The molecule has 3 aromatic rings. The number of fused-ring (bicyclic) bond motifs is 10. The van der Waals surface area contributed by atoms with Crippen molar-refractivity contribution in [2.75, 3.05) is 26.5 Å². The second kappa shape index (κ2) is 29.9. The van der Waals surface area contributed by atoms with E-state index in [1.54, 1.807) is 16.7 Å². The summed E-state index contributed by atoms with van der Waals surface area (Å²) in [6.07, 6.45) is 40.5. The number of hydrogen-bond acceptors (Lipinski definition) is 8. The minimum absolute atomic E-state index is 0.0347. The Labute approximate surface area is 561 Å². The summed E-state index contributed by atoms with van der Waals surface area (Å²) in [4.78, 5) is 34.8. The summed E-state index contributed by atoms with van der Waals surface area (Å²) in [7, 11) is 1.48. The second-order valence-corrected chi connectivity index (χ2v) is 40.3. The normalized spacial score (nSPS) is 36.1. The Morgan fingerprint density at radius 2 is 1.03 bits per heavy atom. The number of carboxylic acid groups (broad SMARTS) is 1.